The summed E-state index contributed by atoms with van der Waals surface area (Å²) in [6.07, 6.45) is 0.0367. The van der Waals surface area contributed by atoms with E-state index in [1.807, 2.05) is 14.0 Å². The number of rotatable bonds is 9. The maximum Gasteiger partial charge on any atom is 0.193 e. The standard InChI is InChI=1S/C23H36N6OS/c1-19(30-4)22-26-21(18-31-22)17-27(3)23(24-2)25-10-11-28-12-14-29(15-13-28)16-20-8-6-5-7-9-20/h5-9,18-19H,10-17H2,1-4H3,(H,24,25). The lowest BCUT2D eigenvalue weighted by atomic mass is 10.2. The van der Waals surface area contributed by atoms with Crippen molar-refractivity contribution >= 4 is 17.3 Å². The molecule has 2 aromatic rings. The smallest absolute Gasteiger partial charge is 0.193 e. The molecule has 0 aliphatic carbocycles. The van der Waals surface area contributed by atoms with Crippen LogP contribution in [0.5, 0.6) is 0 Å². The van der Waals surface area contributed by atoms with Crippen LogP contribution in [-0.2, 0) is 17.8 Å². The average Bonchev–Trinajstić information content (AvgIpc) is 3.26. The van der Waals surface area contributed by atoms with E-state index in [0.717, 1.165) is 69.0 Å². The minimum atomic E-state index is 0.0367. The minimum Gasteiger partial charge on any atom is -0.375 e. The summed E-state index contributed by atoms with van der Waals surface area (Å²) in [6.45, 7) is 10.2. The second-order valence-corrected chi connectivity index (χ2v) is 8.88. The molecule has 1 N–H and O–H groups in total. The van der Waals surface area contributed by atoms with Gasteiger partial charge in [0, 0.05) is 72.4 Å². The quantitative estimate of drug-likeness (QED) is 0.474. The number of hydrogen-bond acceptors (Lipinski definition) is 6. The number of thiazole rings is 1. The van der Waals surface area contributed by atoms with Gasteiger partial charge in [0.25, 0.3) is 0 Å². The topological polar surface area (TPSA) is 56.2 Å². The van der Waals surface area contributed by atoms with Crippen LogP contribution in [0.4, 0.5) is 0 Å². The number of guanidine groups is 1. The average molecular weight is 445 g/mol. The Hall–Kier alpha value is -2.00. The summed E-state index contributed by atoms with van der Waals surface area (Å²) >= 11 is 1.65. The highest BCUT2D eigenvalue weighted by atomic mass is 32.1. The lowest BCUT2D eigenvalue weighted by molar-refractivity contribution is 0.119. The van der Waals surface area contributed by atoms with Gasteiger partial charge in [-0.05, 0) is 12.5 Å². The first-order chi connectivity index (χ1) is 15.1. The Morgan fingerprint density at radius 3 is 2.61 bits per heavy atom. The van der Waals surface area contributed by atoms with Gasteiger partial charge in [0.05, 0.1) is 12.2 Å². The Bertz CT molecular complexity index is 803. The molecular formula is C23H36N6OS. The van der Waals surface area contributed by atoms with Crippen molar-refractivity contribution in [2.45, 2.75) is 26.1 Å². The zero-order valence-electron chi connectivity index (χ0n) is 19.3. The summed E-state index contributed by atoms with van der Waals surface area (Å²) < 4.78 is 5.36. The Labute approximate surface area is 190 Å². The molecule has 2 heterocycles. The lowest BCUT2D eigenvalue weighted by Crippen LogP contribution is -2.49. The van der Waals surface area contributed by atoms with Gasteiger partial charge in [-0.25, -0.2) is 4.98 Å². The van der Waals surface area contributed by atoms with Gasteiger partial charge in [-0.3, -0.25) is 14.8 Å². The Kier molecular flexibility index (Phi) is 9.27. The van der Waals surface area contributed by atoms with Gasteiger partial charge in [-0.15, -0.1) is 11.3 Å². The summed E-state index contributed by atoms with van der Waals surface area (Å²) in [5.41, 5.74) is 2.44. The van der Waals surface area contributed by atoms with Crippen molar-refractivity contribution in [1.29, 1.82) is 0 Å². The first-order valence-corrected chi connectivity index (χ1v) is 11.8. The molecule has 7 nitrogen and oxygen atoms in total. The molecule has 1 aromatic heterocycles. The second-order valence-electron chi connectivity index (χ2n) is 7.99. The SMILES string of the molecule is CN=C(NCCN1CCN(Cc2ccccc2)CC1)N(C)Cc1csc(C(C)OC)n1. The number of hydrogen-bond donors (Lipinski definition) is 1. The predicted molar refractivity (Wildman–Crippen MR) is 129 cm³/mol. The zero-order chi connectivity index (χ0) is 22.1. The maximum absolute atomic E-state index is 5.36. The molecule has 8 heteroatoms. The predicted octanol–water partition coefficient (Wildman–Crippen LogP) is 2.68. The van der Waals surface area contributed by atoms with Crippen LogP contribution in [0.3, 0.4) is 0 Å². The minimum absolute atomic E-state index is 0.0367. The molecule has 1 aromatic carbocycles. The van der Waals surface area contributed by atoms with E-state index in [9.17, 15) is 0 Å². The number of piperazine rings is 1. The van der Waals surface area contributed by atoms with E-state index in [1.54, 1.807) is 18.4 Å². The number of methoxy groups -OCH3 is 1. The van der Waals surface area contributed by atoms with Crippen molar-refractivity contribution < 1.29 is 4.74 Å². The highest BCUT2D eigenvalue weighted by Gasteiger charge is 2.17. The monoisotopic (exact) mass is 444 g/mol. The van der Waals surface area contributed by atoms with E-state index >= 15 is 0 Å². The van der Waals surface area contributed by atoms with Crippen LogP contribution in [0.1, 0.15) is 29.3 Å². The van der Waals surface area contributed by atoms with Crippen molar-refractivity contribution in [2.24, 2.45) is 4.99 Å². The molecule has 1 unspecified atom stereocenters. The number of nitrogens with one attached hydrogen (secondary N) is 1. The summed E-state index contributed by atoms with van der Waals surface area (Å²) in [5.74, 6) is 0.900. The summed E-state index contributed by atoms with van der Waals surface area (Å²) in [4.78, 5) is 16.3. The maximum atomic E-state index is 5.36. The molecule has 0 spiro atoms. The van der Waals surface area contributed by atoms with E-state index < -0.39 is 0 Å². The zero-order valence-corrected chi connectivity index (χ0v) is 20.1. The molecule has 0 bridgehead atoms. The molecular weight excluding hydrogens is 408 g/mol. The van der Waals surface area contributed by atoms with Crippen LogP contribution in [0.2, 0.25) is 0 Å². The van der Waals surface area contributed by atoms with Gasteiger partial charge in [0.15, 0.2) is 5.96 Å². The lowest BCUT2D eigenvalue weighted by Gasteiger charge is -2.35. The molecule has 1 atom stereocenters. The van der Waals surface area contributed by atoms with Gasteiger partial charge in [-0.2, -0.15) is 0 Å². The van der Waals surface area contributed by atoms with Crippen LogP contribution in [0, 0.1) is 0 Å². The highest BCUT2D eigenvalue weighted by Crippen LogP contribution is 2.20. The number of nitrogens with zero attached hydrogens (tertiary/aromatic N) is 5. The number of aliphatic imine (C=N–C) groups is 1. The fourth-order valence-corrected chi connectivity index (χ4v) is 4.57. The van der Waals surface area contributed by atoms with E-state index in [2.05, 4.69) is 72.8 Å². The van der Waals surface area contributed by atoms with Gasteiger partial charge in [0.2, 0.25) is 0 Å². The van der Waals surface area contributed by atoms with E-state index in [1.165, 1.54) is 5.56 Å². The molecule has 0 radical (unpaired) electrons. The second kappa shape index (κ2) is 12.1. The first kappa shape index (κ1) is 23.7. The van der Waals surface area contributed by atoms with Gasteiger partial charge >= 0.3 is 0 Å². The van der Waals surface area contributed by atoms with E-state index in [0.29, 0.717) is 0 Å². The molecule has 3 rings (SSSR count). The molecule has 170 valence electrons. The molecule has 1 aliphatic heterocycles. The fourth-order valence-electron chi connectivity index (χ4n) is 3.72. The summed E-state index contributed by atoms with van der Waals surface area (Å²) in [5, 5.41) is 6.61. The van der Waals surface area contributed by atoms with Crippen molar-refractivity contribution in [3.8, 4) is 0 Å². The third kappa shape index (κ3) is 7.28. The Morgan fingerprint density at radius 1 is 1.23 bits per heavy atom. The largest absolute Gasteiger partial charge is 0.375 e. The fraction of sp³-hybridized carbons (Fsp3) is 0.565. The van der Waals surface area contributed by atoms with Crippen LogP contribution < -0.4 is 5.32 Å². The van der Waals surface area contributed by atoms with Crippen LogP contribution >= 0.6 is 11.3 Å². The third-order valence-corrected chi connectivity index (χ3v) is 6.72. The first-order valence-electron chi connectivity index (χ1n) is 11.0. The number of aromatic nitrogens is 1. The van der Waals surface area contributed by atoms with Crippen LogP contribution in [-0.4, -0.2) is 86.1 Å². The molecule has 0 amide bonds. The van der Waals surface area contributed by atoms with Crippen LogP contribution in [0.15, 0.2) is 40.7 Å². The molecule has 0 saturated carbocycles. The third-order valence-electron chi connectivity index (χ3n) is 5.67. The Morgan fingerprint density at radius 2 is 1.94 bits per heavy atom. The van der Waals surface area contributed by atoms with Crippen molar-refractivity contribution in [3.05, 3.63) is 52.0 Å². The van der Waals surface area contributed by atoms with Crippen LogP contribution in [0.25, 0.3) is 0 Å². The Balaban J connectivity index is 1.36. The van der Waals surface area contributed by atoms with Gasteiger partial charge in [-0.1, -0.05) is 30.3 Å². The van der Waals surface area contributed by atoms with Crippen molar-refractivity contribution in [1.82, 2.24) is 25.0 Å². The van der Waals surface area contributed by atoms with Crippen molar-refractivity contribution in [2.75, 3.05) is 60.5 Å². The van der Waals surface area contributed by atoms with E-state index in [4.69, 9.17) is 4.74 Å². The summed E-state index contributed by atoms with van der Waals surface area (Å²) in [7, 11) is 5.60. The summed E-state index contributed by atoms with van der Waals surface area (Å²) in [6, 6.07) is 10.7. The molecule has 31 heavy (non-hydrogen) atoms. The molecule has 1 aliphatic rings. The van der Waals surface area contributed by atoms with Gasteiger partial charge in [0.1, 0.15) is 11.1 Å². The molecule has 1 fully saturated rings. The number of benzene rings is 1. The van der Waals surface area contributed by atoms with Crippen molar-refractivity contribution in [3.63, 3.8) is 0 Å². The highest BCUT2D eigenvalue weighted by molar-refractivity contribution is 7.09. The number of ether oxygens (including phenoxy) is 1. The molecule has 1 saturated heterocycles. The van der Waals surface area contributed by atoms with E-state index in [-0.39, 0.29) is 6.10 Å². The van der Waals surface area contributed by atoms with Gasteiger partial charge < -0.3 is 15.0 Å². The normalized spacial score (nSPS) is 17.0.